The van der Waals surface area contributed by atoms with Crippen LogP contribution >= 0.6 is 0 Å². The van der Waals surface area contributed by atoms with Gasteiger partial charge in [0.25, 0.3) is 0 Å². The Morgan fingerprint density at radius 2 is 2.00 bits per heavy atom. The Hall–Kier alpha value is -1.94. The Balaban J connectivity index is 1.58. The summed E-state index contributed by atoms with van der Waals surface area (Å²) >= 11 is 0. The topological polar surface area (TPSA) is 63.6 Å². The molecular formula is C27H38O4. The second-order valence-corrected chi connectivity index (χ2v) is 9.43. The predicted molar refractivity (Wildman–Crippen MR) is 123 cm³/mol. The van der Waals surface area contributed by atoms with Gasteiger partial charge in [0.05, 0.1) is 13.2 Å². The zero-order chi connectivity index (χ0) is 22.3. The van der Waals surface area contributed by atoms with Crippen LogP contribution in [0.1, 0.15) is 101 Å². The number of Topliss-reactive ketones (excluding diaryl/α,β-unsaturated/α-hetero) is 1. The van der Waals surface area contributed by atoms with Gasteiger partial charge in [-0.3, -0.25) is 9.59 Å². The highest BCUT2D eigenvalue weighted by Gasteiger charge is 2.43. The van der Waals surface area contributed by atoms with Crippen molar-refractivity contribution in [3.8, 4) is 0 Å². The first-order valence-corrected chi connectivity index (χ1v) is 12.0. The number of hydrogen-bond acceptors (Lipinski definition) is 4. The number of hydrogen-bond donors (Lipinski definition) is 1. The number of aliphatic hydroxyl groups is 1. The summed E-state index contributed by atoms with van der Waals surface area (Å²) in [5.41, 5.74) is 2.30. The third kappa shape index (κ3) is 5.65. The molecule has 0 aliphatic heterocycles. The third-order valence-corrected chi connectivity index (χ3v) is 7.49. The Labute approximate surface area is 187 Å². The molecule has 2 aliphatic rings. The van der Waals surface area contributed by atoms with Crippen molar-refractivity contribution >= 4 is 11.8 Å². The van der Waals surface area contributed by atoms with Gasteiger partial charge in [0, 0.05) is 24.2 Å². The van der Waals surface area contributed by atoms with Gasteiger partial charge in [0.15, 0.2) is 0 Å². The standard InChI is InChI=1S/C27H38O4/c1-3-17-27(18-8-19-27)26(30)21-13-11-20(12-14-21)22-15-16-24(28)23(22)9-6-4-5-7-10-25(29)31-2/h4,6,11-14,22-23,26,30H,3,5,7-10,15-19H2,1-2H3/b6-4-/t22-,23-,26+/m1/s1. The number of aliphatic hydroxyl groups excluding tert-OH is 1. The number of carbonyl (C=O) groups is 2. The molecule has 3 atom stereocenters. The van der Waals surface area contributed by atoms with E-state index >= 15 is 0 Å². The number of methoxy groups -OCH3 is 1. The van der Waals surface area contributed by atoms with Gasteiger partial charge in [-0.2, -0.15) is 0 Å². The molecule has 1 aromatic rings. The van der Waals surface area contributed by atoms with Crippen LogP contribution in [0.2, 0.25) is 0 Å². The fraction of sp³-hybridized carbons (Fsp3) is 0.630. The molecule has 0 unspecified atom stereocenters. The molecule has 1 N–H and O–H groups in total. The quantitative estimate of drug-likeness (QED) is 0.266. The highest BCUT2D eigenvalue weighted by atomic mass is 16.5. The van der Waals surface area contributed by atoms with Crippen molar-refractivity contribution in [1.82, 2.24) is 0 Å². The lowest BCUT2D eigenvalue weighted by Gasteiger charge is -2.46. The van der Waals surface area contributed by atoms with Gasteiger partial charge in [-0.25, -0.2) is 0 Å². The Bertz CT molecular complexity index is 760. The smallest absolute Gasteiger partial charge is 0.305 e. The lowest BCUT2D eigenvalue weighted by atomic mass is 9.61. The molecule has 2 fully saturated rings. The molecule has 0 amide bonds. The number of ether oxygens (including phenoxy) is 1. The highest BCUT2D eigenvalue weighted by Crippen LogP contribution is 2.53. The van der Waals surface area contributed by atoms with Crippen LogP contribution in [0.3, 0.4) is 0 Å². The molecule has 0 spiro atoms. The molecule has 3 rings (SSSR count). The van der Waals surface area contributed by atoms with Crippen molar-refractivity contribution in [3.05, 3.63) is 47.5 Å². The number of benzene rings is 1. The summed E-state index contributed by atoms with van der Waals surface area (Å²) < 4.78 is 4.66. The lowest BCUT2D eigenvalue weighted by Crippen LogP contribution is -2.36. The Morgan fingerprint density at radius 1 is 1.26 bits per heavy atom. The van der Waals surface area contributed by atoms with Crippen LogP contribution < -0.4 is 0 Å². The van der Waals surface area contributed by atoms with Crippen LogP contribution in [-0.4, -0.2) is 24.0 Å². The number of carbonyl (C=O) groups excluding carboxylic acids is 2. The molecule has 1 aromatic carbocycles. The van der Waals surface area contributed by atoms with Gasteiger partial charge in [0.1, 0.15) is 5.78 Å². The molecule has 2 saturated carbocycles. The third-order valence-electron chi connectivity index (χ3n) is 7.49. The summed E-state index contributed by atoms with van der Waals surface area (Å²) in [5.74, 6) is 0.466. The highest BCUT2D eigenvalue weighted by molar-refractivity contribution is 5.84. The van der Waals surface area contributed by atoms with Crippen LogP contribution in [-0.2, 0) is 14.3 Å². The molecule has 0 heterocycles. The summed E-state index contributed by atoms with van der Waals surface area (Å²) in [7, 11) is 1.41. The molecular weight excluding hydrogens is 388 g/mol. The normalized spacial score (nSPS) is 23.6. The average Bonchev–Trinajstić information content (AvgIpc) is 3.12. The van der Waals surface area contributed by atoms with Crippen LogP contribution in [0.4, 0.5) is 0 Å². The molecule has 2 aliphatic carbocycles. The van der Waals surface area contributed by atoms with Gasteiger partial charge < -0.3 is 9.84 Å². The van der Waals surface area contributed by atoms with E-state index in [0.29, 0.717) is 18.6 Å². The minimum Gasteiger partial charge on any atom is -0.469 e. The maximum atomic E-state index is 12.5. The van der Waals surface area contributed by atoms with E-state index < -0.39 is 0 Å². The van der Waals surface area contributed by atoms with E-state index in [1.165, 1.54) is 19.1 Å². The van der Waals surface area contributed by atoms with Crippen molar-refractivity contribution in [1.29, 1.82) is 0 Å². The average molecular weight is 427 g/mol. The number of esters is 1. The van der Waals surface area contributed by atoms with E-state index in [2.05, 4.69) is 48.1 Å². The van der Waals surface area contributed by atoms with Crippen molar-refractivity contribution < 1.29 is 19.4 Å². The monoisotopic (exact) mass is 426 g/mol. The zero-order valence-corrected chi connectivity index (χ0v) is 19.1. The molecule has 0 bridgehead atoms. The Kier molecular flexibility index (Phi) is 8.48. The lowest BCUT2D eigenvalue weighted by molar-refractivity contribution is -0.140. The van der Waals surface area contributed by atoms with Gasteiger partial charge in [0.2, 0.25) is 0 Å². The first kappa shape index (κ1) is 23.7. The minimum absolute atomic E-state index is 0.0331. The van der Waals surface area contributed by atoms with Crippen LogP contribution in [0.25, 0.3) is 0 Å². The number of ketones is 1. The van der Waals surface area contributed by atoms with Crippen molar-refractivity contribution in [2.75, 3.05) is 7.11 Å². The fourth-order valence-electron chi connectivity index (χ4n) is 5.50. The fourth-order valence-corrected chi connectivity index (χ4v) is 5.50. The minimum atomic E-state index is -0.385. The van der Waals surface area contributed by atoms with Gasteiger partial charge >= 0.3 is 5.97 Å². The second-order valence-electron chi connectivity index (χ2n) is 9.43. The first-order valence-electron chi connectivity index (χ1n) is 12.0. The van der Waals surface area contributed by atoms with E-state index in [0.717, 1.165) is 56.9 Å². The van der Waals surface area contributed by atoms with Gasteiger partial charge in [-0.05, 0) is 62.0 Å². The van der Waals surface area contributed by atoms with Crippen LogP contribution in [0.5, 0.6) is 0 Å². The maximum absolute atomic E-state index is 12.5. The summed E-state index contributed by atoms with van der Waals surface area (Å²) in [4.78, 5) is 23.7. The van der Waals surface area contributed by atoms with Gasteiger partial charge in [-0.1, -0.05) is 56.2 Å². The van der Waals surface area contributed by atoms with E-state index in [4.69, 9.17) is 0 Å². The van der Waals surface area contributed by atoms with Crippen molar-refractivity contribution in [2.24, 2.45) is 11.3 Å². The second kappa shape index (κ2) is 11.1. The first-order chi connectivity index (χ1) is 15.0. The largest absolute Gasteiger partial charge is 0.469 e. The van der Waals surface area contributed by atoms with Crippen LogP contribution in [0, 0.1) is 11.3 Å². The van der Waals surface area contributed by atoms with Crippen LogP contribution in [0.15, 0.2) is 36.4 Å². The van der Waals surface area contributed by atoms with Crippen molar-refractivity contribution in [3.63, 3.8) is 0 Å². The predicted octanol–water partition coefficient (Wildman–Crippen LogP) is 6.04. The van der Waals surface area contributed by atoms with E-state index in [9.17, 15) is 14.7 Å². The number of allylic oxidation sites excluding steroid dienone is 2. The summed E-state index contributed by atoms with van der Waals surface area (Å²) in [5, 5.41) is 11.0. The molecule has 31 heavy (non-hydrogen) atoms. The molecule has 0 radical (unpaired) electrons. The molecule has 4 heteroatoms. The maximum Gasteiger partial charge on any atom is 0.305 e. The number of unbranched alkanes of at least 4 members (excludes halogenated alkanes) is 1. The summed E-state index contributed by atoms with van der Waals surface area (Å²) in [6.45, 7) is 2.20. The van der Waals surface area contributed by atoms with Crippen molar-refractivity contribution in [2.45, 2.75) is 89.6 Å². The Morgan fingerprint density at radius 3 is 2.61 bits per heavy atom. The van der Waals surface area contributed by atoms with E-state index in [1.807, 2.05) is 0 Å². The number of rotatable bonds is 11. The molecule has 0 aromatic heterocycles. The van der Waals surface area contributed by atoms with Gasteiger partial charge in [-0.15, -0.1) is 0 Å². The molecule has 4 nitrogen and oxygen atoms in total. The summed E-state index contributed by atoms with van der Waals surface area (Å²) in [6, 6.07) is 8.43. The zero-order valence-electron chi connectivity index (χ0n) is 19.1. The summed E-state index contributed by atoms with van der Waals surface area (Å²) in [6.07, 6.45) is 13.8. The SMILES string of the molecule is CCCC1([C@@H](O)c2ccc([C@H]3CCC(=O)[C@@H]3C/C=C\CCCC(=O)OC)cc2)CCC1. The molecule has 170 valence electrons. The molecule has 0 saturated heterocycles. The van der Waals surface area contributed by atoms with E-state index in [-0.39, 0.29) is 29.3 Å². The van der Waals surface area contributed by atoms with E-state index in [1.54, 1.807) is 0 Å².